The Morgan fingerprint density at radius 2 is 2.21 bits per heavy atom. The monoisotopic (exact) mass is 261 g/mol. The van der Waals surface area contributed by atoms with Gasteiger partial charge in [0.05, 0.1) is 11.9 Å². The summed E-state index contributed by atoms with van der Waals surface area (Å²) in [6.07, 6.45) is 3.99. The van der Waals surface area contributed by atoms with Crippen LogP contribution < -0.4 is 10.6 Å². The van der Waals surface area contributed by atoms with Gasteiger partial charge in [-0.1, -0.05) is 0 Å². The highest BCUT2D eigenvalue weighted by Crippen LogP contribution is 2.19. The molecule has 2 aromatic heterocycles. The second-order valence-electron chi connectivity index (χ2n) is 4.89. The Balaban J connectivity index is 1.86. The lowest BCUT2D eigenvalue weighted by atomic mass is 10.1. The molecule has 3 rings (SSSR count). The maximum Gasteiger partial charge on any atom is 0.153 e. The van der Waals surface area contributed by atoms with E-state index < -0.39 is 0 Å². The van der Waals surface area contributed by atoms with Gasteiger partial charge in [-0.25, -0.2) is 9.50 Å². The maximum absolute atomic E-state index is 5.60. The van der Waals surface area contributed by atoms with Crippen LogP contribution >= 0.6 is 0 Å². The molecule has 0 spiro atoms. The van der Waals surface area contributed by atoms with Gasteiger partial charge in [0.1, 0.15) is 5.82 Å². The Morgan fingerprint density at radius 1 is 1.42 bits per heavy atom. The van der Waals surface area contributed by atoms with Crippen LogP contribution in [0.3, 0.4) is 0 Å². The van der Waals surface area contributed by atoms with Gasteiger partial charge in [-0.05, 0) is 25.0 Å². The van der Waals surface area contributed by atoms with Crippen LogP contribution in [0.1, 0.15) is 18.5 Å². The van der Waals surface area contributed by atoms with Crippen LogP contribution in [0.15, 0.2) is 18.3 Å². The first-order valence-corrected chi connectivity index (χ1v) is 6.64. The van der Waals surface area contributed by atoms with Crippen molar-refractivity contribution in [1.82, 2.24) is 14.6 Å². The molecule has 19 heavy (non-hydrogen) atoms. The summed E-state index contributed by atoms with van der Waals surface area (Å²) >= 11 is 0. The number of ether oxygens (including phenoxy) is 1. The van der Waals surface area contributed by atoms with E-state index in [0.29, 0.717) is 12.6 Å². The van der Waals surface area contributed by atoms with Crippen molar-refractivity contribution in [2.75, 3.05) is 25.2 Å². The molecule has 6 heteroatoms. The van der Waals surface area contributed by atoms with Gasteiger partial charge >= 0.3 is 0 Å². The molecule has 102 valence electrons. The zero-order chi connectivity index (χ0) is 13.2. The number of imidazole rings is 1. The van der Waals surface area contributed by atoms with Crippen LogP contribution in [0.4, 0.5) is 5.82 Å². The third kappa shape index (κ3) is 2.41. The van der Waals surface area contributed by atoms with E-state index in [1.807, 2.05) is 18.3 Å². The van der Waals surface area contributed by atoms with Crippen molar-refractivity contribution in [3.63, 3.8) is 0 Å². The zero-order valence-corrected chi connectivity index (χ0v) is 11.1. The highest BCUT2D eigenvalue weighted by molar-refractivity contribution is 5.46. The summed E-state index contributed by atoms with van der Waals surface area (Å²) < 4.78 is 7.20. The SMILES string of the molecule is CN(c1ccc2nc(CN)cn2n1)C1CCOCC1. The lowest BCUT2D eigenvalue weighted by molar-refractivity contribution is 0.0853. The van der Waals surface area contributed by atoms with Gasteiger partial charge < -0.3 is 15.4 Å². The highest BCUT2D eigenvalue weighted by atomic mass is 16.5. The molecule has 0 radical (unpaired) electrons. The minimum absolute atomic E-state index is 0.439. The fourth-order valence-electron chi connectivity index (χ4n) is 2.47. The maximum atomic E-state index is 5.60. The van der Waals surface area contributed by atoms with E-state index >= 15 is 0 Å². The number of nitrogens with two attached hydrogens (primary N) is 1. The first-order valence-electron chi connectivity index (χ1n) is 6.64. The van der Waals surface area contributed by atoms with Crippen LogP contribution in [0.25, 0.3) is 5.65 Å². The van der Waals surface area contributed by atoms with E-state index in [1.54, 1.807) is 4.52 Å². The topological polar surface area (TPSA) is 68.7 Å². The van der Waals surface area contributed by atoms with E-state index in [9.17, 15) is 0 Å². The van der Waals surface area contributed by atoms with Gasteiger partial charge in [-0.3, -0.25) is 0 Å². The van der Waals surface area contributed by atoms with Gasteiger partial charge in [0.25, 0.3) is 0 Å². The number of anilines is 1. The molecular weight excluding hydrogens is 242 g/mol. The largest absolute Gasteiger partial charge is 0.381 e. The summed E-state index contributed by atoms with van der Waals surface area (Å²) in [5.74, 6) is 0.959. The van der Waals surface area contributed by atoms with Crippen molar-refractivity contribution in [3.8, 4) is 0 Å². The third-order valence-corrected chi connectivity index (χ3v) is 3.66. The van der Waals surface area contributed by atoms with Crippen molar-refractivity contribution >= 4 is 11.5 Å². The molecule has 0 saturated carbocycles. The summed E-state index contributed by atoms with van der Waals surface area (Å²) in [4.78, 5) is 6.61. The van der Waals surface area contributed by atoms with Crippen LogP contribution in [0.5, 0.6) is 0 Å². The van der Waals surface area contributed by atoms with E-state index in [1.165, 1.54) is 0 Å². The highest BCUT2D eigenvalue weighted by Gasteiger charge is 2.19. The molecule has 0 aliphatic carbocycles. The van der Waals surface area contributed by atoms with Crippen molar-refractivity contribution in [2.24, 2.45) is 5.73 Å². The fourth-order valence-corrected chi connectivity index (χ4v) is 2.47. The fraction of sp³-hybridized carbons (Fsp3) is 0.538. The van der Waals surface area contributed by atoms with E-state index in [-0.39, 0.29) is 0 Å². The minimum Gasteiger partial charge on any atom is -0.381 e. The summed E-state index contributed by atoms with van der Waals surface area (Å²) in [6, 6.07) is 4.49. The molecule has 3 heterocycles. The van der Waals surface area contributed by atoms with Gasteiger partial charge in [-0.2, -0.15) is 0 Å². The summed E-state index contributed by atoms with van der Waals surface area (Å²) in [6.45, 7) is 2.10. The standard InChI is InChI=1S/C13H19N5O/c1-17(11-4-6-19-7-5-11)13-3-2-12-15-10(8-14)9-18(12)16-13/h2-3,9,11H,4-8,14H2,1H3. The van der Waals surface area contributed by atoms with E-state index in [0.717, 1.165) is 43.2 Å². The quantitative estimate of drug-likeness (QED) is 0.885. The third-order valence-electron chi connectivity index (χ3n) is 3.66. The van der Waals surface area contributed by atoms with E-state index in [4.69, 9.17) is 10.5 Å². The molecule has 1 aliphatic rings. The Labute approximate surface area is 112 Å². The molecule has 6 nitrogen and oxygen atoms in total. The van der Waals surface area contributed by atoms with Gasteiger partial charge in [0.15, 0.2) is 5.65 Å². The molecule has 0 aromatic carbocycles. The van der Waals surface area contributed by atoms with Crippen LogP contribution in [-0.4, -0.2) is 40.9 Å². The first-order chi connectivity index (χ1) is 9.28. The van der Waals surface area contributed by atoms with Crippen LogP contribution in [0, 0.1) is 0 Å². The Hall–Kier alpha value is -1.66. The predicted molar refractivity (Wildman–Crippen MR) is 73.1 cm³/mol. The van der Waals surface area contributed by atoms with Crippen LogP contribution in [0.2, 0.25) is 0 Å². The van der Waals surface area contributed by atoms with Crippen LogP contribution in [-0.2, 0) is 11.3 Å². The molecular formula is C13H19N5O. The second kappa shape index (κ2) is 5.14. The minimum atomic E-state index is 0.439. The number of fused-ring (bicyclic) bond motifs is 1. The smallest absolute Gasteiger partial charge is 0.153 e. The average molecular weight is 261 g/mol. The lowest BCUT2D eigenvalue weighted by Crippen LogP contribution is -2.37. The molecule has 2 N–H and O–H groups in total. The van der Waals surface area contributed by atoms with Crippen molar-refractivity contribution < 1.29 is 4.74 Å². The van der Waals surface area contributed by atoms with E-state index in [2.05, 4.69) is 22.0 Å². The van der Waals surface area contributed by atoms with Gasteiger partial charge in [0, 0.05) is 32.8 Å². The van der Waals surface area contributed by atoms with Crippen molar-refractivity contribution in [3.05, 3.63) is 24.0 Å². The second-order valence-corrected chi connectivity index (χ2v) is 4.89. The van der Waals surface area contributed by atoms with Crippen molar-refractivity contribution in [1.29, 1.82) is 0 Å². The molecule has 0 atom stereocenters. The molecule has 1 saturated heterocycles. The summed E-state index contributed by atoms with van der Waals surface area (Å²) in [7, 11) is 2.09. The van der Waals surface area contributed by atoms with Gasteiger partial charge in [0.2, 0.25) is 0 Å². The molecule has 1 aliphatic heterocycles. The summed E-state index contributed by atoms with van der Waals surface area (Å²) in [5.41, 5.74) is 7.30. The Kier molecular flexibility index (Phi) is 3.35. The number of hydrogen-bond acceptors (Lipinski definition) is 5. The Morgan fingerprint density at radius 3 is 2.95 bits per heavy atom. The summed E-state index contributed by atoms with van der Waals surface area (Å²) in [5, 5.41) is 4.60. The average Bonchev–Trinajstić information content (AvgIpc) is 2.89. The number of hydrogen-bond donors (Lipinski definition) is 1. The molecule has 0 bridgehead atoms. The molecule has 0 unspecified atom stereocenters. The normalized spacial score (nSPS) is 16.9. The molecule has 0 amide bonds. The first kappa shape index (κ1) is 12.4. The van der Waals surface area contributed by atoms with Crippen molar-refractivity contribution in [2.45, 2.75) is 25.4 Å². The molecule has 1 fully saturated rings. The number of nitrogens with zero attached hydrogens (tertiary/aromatic N) is 4. The zero-order valence-electron chi connectivity index (χ0n) is 11.1. The number of rotatable bonds is 3. The Bertz CT molecular complexity index is 561. The van der Waals surface area contributed by atoms with Gasteiger partial charge in [-0.15, -0.1) is 5.10 Å². The molecule has 2 aromatic rings. The number of aromatic nitrogens is 3. The predicted octanol–water partition coefficient (Wildman–Crippen LogP) is 0.803. The lowest BCUT2D eigenvalue weighted by Gasteiger charge is -2.31.